The van der Waals surface area contributed by atoms with Gasteiger partial charge in [0, 0.05) is 5.38 Å². The Balaban J connectivity index is 2.01. The summed E-state index contributed by atoms with van der Waals surface area (Å²) in [6.45, 7) is 5.85. The number of anilines is 1. The Morgan fingerprint density at radius 3 is 2.65 bits per heavy atom. The molecule has 4 atom stereocenters. The second kappa shape index (κ2) is 5.88. The SMILES string of the molecule is CC1OC(C)C(C(=O)Nc2nc(CC(=O)O)cs2)C1C. The molecule has 1 aliphatic heterocycles. The minimum Gasteiger partial charge on any atom is -0.481 e. The Labute approximate surface area is 121 Å². The summed E-state index contributed by atoms with van der Waals surface area (Å²) in [6.07, 6.45) is -0.207. The number of nitrogens with zero attached hydrogens (tertiary/aromatic N) is 1. The molecule has 0 aromatic carbocycles. The second-order valence-electron chi connectivity index (χ2n) is 5.13. The molecule has 2 rings (SSSR count). The van der Waals surface area contributed by atoms with Crippen molar-refractivity contribution in [2.75, 3.05) is 5.32 Å². The second-order valence-corrected chi connectivity index (χ2v) is 5.99. The highest BCUT2D eigenvalue weighted by atomic mass is 32.1. The molecule has 1 aliphatic rings. The van der Waals surface area contributed by atoms with Crippen molar-refractivity contribution in [3.63, 3.8) is 0 Å². The van der Waals surface area contributed by atoms with Crippen LogP contribution in [0.4, 0.5) is 5.13 Å². The van der Waals surface area contributed by atoms with Gasteiger partial charge in [0.25, 0.3) is 0 Å². The van der Waals surface area contributed by atoms with E-state index in [9.17, 15) is 9.59 Å². The van der Waals surface area contributed by atoms with Gasteiger partial charge in [0.05, 0.1) is 30.2 Å². The standard InChI is InChI=1S/C13H18N2O4S/c1-6-7(2)19-8(3)11(6)12(18)15-13-14-9(5-20-13)4-10(16)17/h5-8,11H,4H2,1-3H3,(H,16,17)(H,14,15,18). The van der Waals surface area contributed by atoms with Crippen molar-refractivity contribution in [2.24, 2.45) is 11.8 Å². The first-order chi connectivity index (χ1) is 9.38. The molecule has 7 heteroatoms. The van der Waals surface area contributed by atoms with Crippen LogP contribution in [0.15, 0.2) is 5.38 Å². The van der Waals surface area contributed by atoms with Crippen LogP contribution in [0, 0.1) is 11.8 Å². The van der Waals surface area contributed by atoms with Gasteiger partial charge < -0.3 is 15.2 Å². The summed E-state index contributed by atoms with van der Waals surface area (Å²) < 4.78 is 5.65. The molecule has 0 bridgehead atoms. The third-order valence-electron chi connectivity index (χ3n) is 3.66. The van der Waals surface area contributed by atoms with Crippen LogP contribution in [-0.2, 0) is 20.7 Å². The summed E-state index contributed by atoms with van der Waals surface area (Å²) in [6, 6.07) is 0. The molecule has 0 spiro atoms. The maximum Gasteiger partial charge on any atom is 0.309 e. The van der Waals surface area contributed by atoms with Gasteiger partial charge in [-0.15, -0.1) is 11.3 Å². The first kappa shape index (κ1) is 14.9. The van der Waals surface area contributed by atoms with E-state index in [2.05, 4.69) is 10.3 Å². The minimum absolute atomic E-state index is 0.0552. The quantitative estimate of drug-likeness (QED) is 0.884. The Bertz CT molecular complexity index is 516. The molecule has 1 aromatic rings. The van der Waals surface area contributed by atoms with Gasteiger partial charge in [0.2, 0.25) is 5.91 Å². The number of aromatic nitrogens is 1. The van der Waals surface area contributed by atoms with Gasteiger partial charge in [-0.3, -0.25) is 9.59 Å². The van der Waals surface area contributed by atoms with E-state index in [0.29, 0.717) is 10.8 Å². The molecule has 1 saturated heterocycles. The molecular weight excluding hydrogens is 280 g/mol. The van der Waals surface area contributed by atoms with Crippen molar-refractivity contribution < 1.29 is 19.4 Å². The predicted octanol–water partition coefficient (Wildman–Crippen LogP) is 1.77. The van der Waals surface area contributed by atoms with E-state index in [4.69, 9.17) is 9.84 Å². The normalized spacial score (nSPS) is 29.4. The Kier molecular flexibility index (Phi) is 4.39. The van der Waals surface area contributed by atoms with E-state index in [-0.39, 0.29) is 36.4 Å². The monoisotopic (exact) mass is 298 g/mol. The minimum atomic E-state index is -0.937. The summed E-state index contributed by atoms with van der Waals surface area (Å²) in [7, 11) is 0. The van der Waals surface area contributed by atoms with Gasteiger partial charge in [0.1, 0.15) is 0 Å². The van der Waals surface area contributed by atoms with Crippen molar-refractivity contribution >= 4 is 28.3 Å². The molecule has 0 aliphatic carbocycles. The number of carbonyl (C=O) groups excluding carboxylic acids is 1. The molecule has 0 saturated carbocycles. The fourth-order valence-electron chi connectivity index (χ4n) is 2.51. The van der Waals surface area contributed by atoms with Crippen LogP contribution < -0.4 is 5.32 Å². The van der Waals surface area contributed by atoms with E-state index >= 15 is 0 Å². The summed E-state index contributed by atoms with van der Waals surface area (Å²) in [5.74, 6) is -1.13. The van der Waals surface area contributed by atoms with Crippen LogP contribution in [-0.4, -0.2) is 34.2 Å². The number of thiazole rings is 1. The average molecular weight is 298 g/mol. The summed E-state index contributed by atoms with van der Waals surface area (Å²) in [5.41, 5.74) is 0.454. The number of ether oxygens (including phenoxy) is 1. The van der Waals surface area contributed by atoms with Gasteiger partial charge in [0.15, 0.2) is 5.13 Å². The van der Waals surface area contributed by atoms with Crippen LogP contribution in [0.25, 0.3) is 0 Å². The Morgan fingerprint density at radius 1 is 1.40 bits per heavy atom. The van der Waals surface area contributed by atoms with Crippen molar-refractivity contribution in [1.29, 1.82) is 0 Å². The topological polar surface area (TPSA) is 88.5 Å². The molecule has 110 valence electrons. The zero-order chi connectivity index (χ0) is 14.9. The molecular formula is C13H18N2O4S. The van der Waals surface area contributed by atoms with Gasteiger partial charge in [-0.25, -0.2) is 4.98 Å². The summed E-state index contributed by atoms with van der Waals surface area (Å²) >= 11 is 1.23. The van der Waals surface area contributed by atoms with Crippen molar-refractivity contribution in [2.45, 2.75) is 39.4 Å². The van der Waals surface area contributed by atoms with Crippen LogP contribution in [0.3, 0.4) is 0 Å². The van der Waals surface area contributed by atoms with E-state index in [0.717, 1.165) is 0 Å². The van der Waals surface area contributed by atoms with Crippen LogP contribution in [0.1, 0.15) is 26.5 Å². The number of hydrogen-bond acceptors (Lipinski definition) is 5. The summed E-state index contributed by atoms with van der Waals surface area (Å²) in [5, 5.41) is 13.5. The molecule has 6 nitrogen and oxygen atoms in total. The smallest absolute Gasteiger partial charge is 0.309 e. The lowest BCUT2D eigenvalue weighted by Gasteiger charge is -2.16. The van der Waals surface area contributed by atoms with Crippen LogP contribution >= 0.6 is 11.3 Å². The van der Waals surface area contributed by atoms with Crippen LogP contribution in [0.2, 0.25) is 0 Å². The molecule has 4 unspecified atom stereocenters. The molecule has 2 heterocycles. The van der Waals surface area contributed by atoms with Crippen LogP contribution in [0.5, 0.6) is 0 Å². The largest absolute Gasteiger partial charge is 0.481 e. The fraction of sp³-hybridized carbons (Fsp3) is 0.615. The van der Waals surface area contributed by atoms with Crippen molar-refractivity contribution in [1.82, 2.24) is 4.98 Å². The number of carbonyl (C=O) groups is 2. The molecule has 0 radical (unpaired) electrons. The van der Waals surface area contributed by atoms with Crippen molar-refractivity contribution in [3.8, 4) is 0 Å². The number of amides is 1. The first-order valence-electron chi connectivity index (χ1n) is 6.51. The van der Waals surface area contributed by atoms with Gasteiger partial charge in [-0.05, 0) is 19.8 Å². The van der Waals surface area contributed by atoms with E-state index in [1.807, 2.05) is 20.8 Å². The Morgan fingerprint density at radius 2 is 2.10 bits per heavy atom. The molecule has 20 heavy (non-hydrogen) atoms. The lowest BCUT2D eigenvalue weighted by atomic mass is 9.89. The highest BCUT2D eigenvalue weighted by molar-refractivity contribution is 7.13. The zero-order valence-electron chi connectivity index (χ0n) is 11.6. The maximum absolute atomic E-state index is 12.3. The molecule has 1 amide bonds. The predicted molar refractivity (Wildman–Crippen MR) is 74.7 cm³/mol. The Hall–Kier alpha value is -1.47. The average Bonchev–Trinajstić information content (AvgIpc) is 2.84. The number of rotatable bonds is 4. The third kappa shape index (κ3) is 3.16. The van der Waals surface area contributed by atoms with E-state index in [1.165, 1.54) is 11.3 Å². The first-order valence-corrected chi connectivity index (χ1v) is 7.39. The summed E-state index contributed by atoms with van der Waals surface area (Å²) in [4.78, 5) is 27.0. The molecule has 1 aromatic heterocycles. The number of carboxylic acids is 1. The molecule has 2 N–H and O–H groups in total. The highest BCUT2D eigenvalue weighted by Gasteiger charge is 2.41. The number of hydrogen-bond donors (Lipinski definition) is 2. The van der Waals surface area contributed by atoms with Gasteiger partial charge >= 0.3 is 5.97 Å². The number of aliphatic carboxylic acids is 1. The third-order valence-corrected chi connectivity index (χ3v) is 4.47. The lowest BCUT2D eigenvalue weighted by Crippen LogP contribution is -2.31. The fourth-order valence-corrected chi connectivity index (χ4v) is 3.22. The van der Waals surface area contributed by atoms with Gasteiger partial charge in [-0.1, -0.05) is 6.92 Å². The van der Waals surface area contributed by atoms with Gasteiger partial charge in [-0.2, -0.15) is 0 Å². The van der Waals surface area contributed by atoms with E-state index in [1.54, 1.807) is 5.38 Å². The number of carboxylic acid groups (broad SMARTS) is 1. The lowest BCUT2D eigenvalue weighted by molar-refractivity contribution is -0.136. The maximum atomic E-state index is 12.3. The number of nitrogens with one attached hydrogen (secondary N) is 1. The highest BCUT2D eigenvalue weighted by Crippen LogP contribution is 2.33. The zero-order valence-corrected chi connectivity index (χ0v) is 12.4. The van der Waals surface area contributed by atoms with Crippen molar-refractivity contribution in [3.05, 3.63) is 11.1 Å². The molecule has 1 fully saturated rings. The van der Waals surface area contributed by atoms with E-state index < -0.39 is 5.97 Å².